The number of likely N-dealkylation sites (N-methyl/N-ethyl adjacent to an activating group) is 1. The quantitative estimate of drug-likeness (QED) is 0.0461. The normalized spacial score (nSPS) is 18.4. The van der Waals surface area contributed by atoms with E-state index in [0.717, 1.165) is 35.4 Å². The molecule has 0 aromatic heterocycles. The number of hydrogen-bond acceptors (Lipinski definition) is 12. The Balaban J connectivity index is 0.000000221. The Morgan fingerprint density at radius 2 is 1.00 bits per heavy atom. The third kappa shape index (κ3) is 16.4. The van der Waals surface area contributed by atoms with Gasteiger partial charge in [0.25, 0.3) is 0 Å². The molecule has 6 aromatic rings. The highest BCUT2D eigenvalue weighted by Gasteiger charge is 2.53. The predicted octanol–water partition coefficient (Wildman–Crippen LogP) is 6.76. The van der Waals surface area contributed by atoms with Crippen LogP contribution in [0.5, 0.6) is 11.5 Å². The van der Waals surface area contributed by atoms with Crippen molar-refractivity contribution in [3.05, 3.63) is 228 Å². The molecule has 482 valence electrons. The van der Waals surface area contributed by atoms with Gasteiger partial charge in [-0.05, 0) is 72.7 Å². The third-order valence-electron chi connectivity index (χ3n) is 15.8. The van der Waals surface area contributed by atoms with Crippen LogP contribution in [0, 0.1) is 23.3 Å². The SMILES string of the molecule is C=CCN1CC(=O)N2[C@@H](Cc3ccc(O)cc3)C(=O)N(Cc3ccc(F)cc3F)C[C@@H]2N1C(=O)NCc1ccccc1.C=CCN1CC(=O)N2[C@@H](Cc3ccc(OC(=O)NCCN(C)C)cc3)C(=O)N(Cc3ccc(F)cc3F)C[C@@H]2N1C(=O)NCc1ccccc1. The second-order valence-electron chi connectivity index (χ2n) is 22.6. The van der Waals surface area contributed by atoms with Crippen LogP contribution in [0.2, 0.25) is 0 Å². The molecule has 0 radical (unpaired) electrons. The number of halogens is 4. The van der Waals surface area contributed by atoms with Gasteiger partial charge in [0.05, 0.1) is 26.2 Å². The minimum absolute atomic E-state index is 0.0513. The summed E-state index contributed by atoms with van der Waals surface area (Å²) in [5, 5.41) is 24.2. The summed E-state index contributed by atoms with van der Waals surface area (Å²) in [6.45, 7) is 8.45. The first-order chi connectivity index (χ1) is 44.3. The summed E-state index contributed by atoms with van der Waals surface area (Å²) in [4.78, 5) is 103. The van der Waals surface area contributed by atoms with Gasteiger partial charge in [-0.3, -0.25) is 19.2 Å². The molecule has 0 bridgehead atoms. The summed E-state index contributed by atoms with van der Waals surface area (Å²) >= 11 is 0. The summed E-state index contributed by atoms with van der Waals surface area (Å²) < 4.78 is 62.2. The molecule has 4 heterocycles. The summed E-state index contributed by atoms with van der Waals surface area (Å²) in [6.07, 6.45) is 0.835. The van der Waals surface area contributed by atoms with Crippen LogP contribution in [0.4, 0.5) is 31.9 Å². The van der Waals surface area contributed by atoms with Crippen molar-refractivity contribution < 1.29 is 61.0 Å². The van der Waals surface area contributed by atoms with E-state index in [1.54, 1.807) is 58.6 Å². The summed E-state index contributed by atoms with van der Waals surface area (Å²) in [5.41, 5.74) is 3.27. The molecule has 4 aliphatic rings. The van der Waals surface area contributed by atoms with Gasteiger partial charge in [0.15, 0.2) is 0 Å². The minimum Gasteiger partial charge on any atom is -0.508 e. The van der Waals surface area contributed by atoms with Crippen LogP contribution in [0.3, 0.4) is 0 Å². The largest absolute Gasteiger partial charge is 0.508 e. The average Bonchev–Trinajstić information content (AvgIpc) is 0.760. The number of urea groups is 2. The van der Waals surface area contributed by atoms with Crippen LogP contribution in [0.15, 0.2) is 171 Å². The van der Waals surface area contributed by atoms with E-state index < -0.39 is 77.7 Å². The monoisotopic (exact) mass is 1260 g/mol. The number of amides is 9. The summed E-state index contributed by atoms with van der Waals surface area (Å²) in [5.74, 6) is -4.38. The van der Waals surface area contributed by atoms with Crippen LogP contribution in [0.1, 0.15) is 33.4 Å². The van der Waals surface area contributed by atoms with Gasteiger partial charge in [0.1, 0.15) is 59.2 Å². The molecule has 6 aromatic carbocycles. The lowest BCUT2D eigenvalue weighted by Gasteiger charge is -2.55. The highest BCUT2D eigenvalue weighted by molar-refractivity contribution is 5.93. The second kappa shape index (κ2) is 30.6. The molecule has 4 N–H and O–H groups in total. The number of carbonyl (C=O) groups is 7. The van der Waals surface area contributed by atoms with E-state index in [-0.39, 0.29) is 113 Å². The predicted molar refractivity (Wildman–Crippen MR) is 332 cm³/mol. The van der Waals surface area contributed by atoms with Crippen molar-refractivity contribution in [1.29, 1.82) is 0 Å². The van der Waals surface area contributed by atoms with Crippen molar-refractivity contribution in [2.45, 2.75) is 63.4 Å². The number of rotatable bonds is 20. The van der Waals surface area contributed by atoms with E-state index in [9.17, 15) is 56.2 Å². The first kappa shape index (κ1) is 66.3. The van der Waals surface area contributed by atoms with Crippen LogP contribution in [-0.2, 0) is 58.2 Å². The van der Waals surface area contributed by atoms with E-state index in [2.05, 4.69) is 29.1 Å². The highest BCUT2D eigenvalue weighted by atomic mass is 19.1. The molecule has 4 atom stereocenters. The molecule has 0 aliphatic carbocycles. The van der Waals surface area contributed by atoms with Gasteiger partial charge in [-0.25, -0.2) is 52.0 Å². The Morgan fingerprint density at radius 3 is 1.40 bits per heavy atom. The number of ether oxygens (including phenoxy) is 1. The Kier molecular flexibility index (Phi) is 22.1. The van der Waals surface area contributed by atoms with E-state index in [1.807, 2.05) is 79.7 Å². The smallest absolute Gasteiger partial charge is 0.412 e. The lowest BCUT2D eigenvalue weighted by molar-refractivity contribution is -0.189. The van der Waals surface area contributed by atoms with Gasteiger partial charge in [0.2, 0.25) is 23.6 Å². The number of fused-ring (bicyclic) bond motifs is 2. The zero-order valence-electron chi connectivity index (χ0n) is 50.9. The maximum absolute atomic E-state index is 14.9. The van der Waals surface area contributed by atoms with Crippen LogP contribution in [0.25, 0.3) is 0 Å². The number of nitrogens with zero attached hydrogens (tertiary/aromatic N) is 9. The van der Waals surface area contributed by atoms with Crippen LogP contribution < -0.4 is 20.7 Å². The molecule has 10 rings (SSSR count). The fourth-order valence-corrected chi connectivity index (χ4v) is 11.4. The first-order valence-electron chi connectivity index (χ1n) is 29.8. The number of aromatic hydroxyl groups is 1. The molecule has 0 saturated carbocycles. The lowest BCUT2D eigenvalue weighted by atomic mass is 9.98. The van der Waals surface area contributed by atoms with Crippen molar-refractivity contribution >= 4 is 41.8 Å². The third-order valence-corrected chi connectivity index (χ3v) is 15.8. The molecule has 4 fully saturated rings. The van der Waals surface area contributed by atoms with Gasteiger partial charge in [-0.15, -0.1) is 13.2 Å². The molecule has 9 amide bonds. The van der Waals surface area contributed by atoms with Gasteiger partial charge in [0, 0.05) is 88.5 Å². The van der Waals surface area contributed by atoms with E-state index in [1.165, 1.54) is 53.9 Å². The van der Waals surface area contributed by atoms with Crippen LogP contribution >= 0.6 is 0 Å². The minimum atomic E-state index is -1.07. The number of nitrogens with one attached hydrogen (secondary N) is 3. The number of carbonyl (C=O) groups excluding carboxylic acids is 7. The Morgan fingerprint density at radius 1 is 0.576 bits per heavy atom. The van der Waals surface area contributed by atoms with Crippen molar-refractivity contribution in [3.63, 3.8) is 0 Å². The fourth-order valence-electron chi connectivity index (χ4n) is 11.4. The molecule has 0 spiro atoms. The molecule has 0 unspecified atom stereocenters. The molecular weight excluding hydrogens is 1190 g/mol. The zero-order chi connectivity index (χ0) is 65.6. The fraction of sp³-hybridized carbons (Fsp3) is 0.299. The van der Waals surface area contributed by atoms with Crippen molar-refractivity contribution in [1.82, 2.24) is 60.5 Å². The molecule has 4 saturated heterocycles. The lowest BCUT2D eigenvalue weighted by Crippen LogP contribution is -2.76. The standard InChI is InChI=1S/C36H41F2N7O5.C31H31F2N5O4/c1-4-17-43-24-33(46)44-31(19-25-10-14-29(15-11-25)50-36(49)39-16-18-41(2)3)34(47)42(22-27-12-13-28(37)20-30(27)38)23-32(44)45(43)35(48)40-21-26-8-6-5-7-9-26;1-2-14-36-20-29(40)37-27(15-21-8-12-25(39)13-9-21)30(41)35(18-23-10-11-24(32)16-26(23)33)19-28(37)38(36)31(42)34-17-22-6-4-3-5-7-22/h4-15,20,31-32H,1,16-19,21-24H2,2-3H3,(H,39,49)(H,40,48);2-13,16,27-28,39H,1,14-15,17-20H2,(H,34,42)/t31-,32-;27-,28-/m00/s1. The zero-order valence-corrected chi connectivity index (χ0v) is 50.9. The van der Waals surface area contributed by atoms with Gasteiger partial charge < -0.3 is 50.3 Å². The summed E-state index contributed by atoms with van der Waals surface area (Å²) in [6, 6.07) is 34.7. The second-order valence-corrected chi connectivity index (χ2v) is 22.6. The van der Waals surface area contributed by atoms with E-state index in [4.69, 9.17) is 4.74 Å². The van der Waals surface area contributed by atoms with E-state index in [0.29, 0.717) is 24.2 Å². The molecule has 92 heavy (non-hydrogen) atoms. The van der Waals surface area contributed by atoms with Crippen molar-refractivity contribution in [2.24, 2.45) is 0 Å². The topological polar surface area (TPSA) is 214 Å². The van der Waals surface area contributed by atoms with Gasteiger partial charge >= 0.3 is 18.2 Å². The van der Waals surface area contributed by atoms with Crippen molar-refractivity contribution in [3.8, 4) is 11.5 Å². The molecule has 21 nitrogen and oxygen atoms in total. The Hall–Kier alpha value is -10.1. The number of benzene rings is 6. The molecular formula is C67H72F4N12O9. The number of hydrazine groups is 2. The molecule has 4 aliphatic heterocycles. The number of hydrogen-bond donors (Lipinski definition) is 4. The maximum Gasteiger partial charge on any atom is 0.412 e. The van der Waals surface area contributed by atoms with Gasteiger partial charge in [-0.2, -0.15) is 0 Å². The number of piperazine rings is 2. The highest BCUT2D eigenvalue weighted by Crippen LogP contribution is 2.33. The summed E-state index contributed by atoms with van der Waals surface area (Å²) in [7, 11) is 3.77. The Bertz CT molecular complexity index is 3630. The van der Waals surface area contributed by atoms with E-state index >= 15 is 0 Å². The first-order valence-corrected chi connectivity index (χ1v) is 29.8. The van der Waals surface area contributed by atoms with Crippen LogP contribution in [-0.4, -0.2) is 182 Å². The maximum atomic E-state index is 14.9. The Labute approximate surface area is 530 Å². The number of phenols is 1. The average molecular weight is 1270 g/mol. The van der Waals surface area contributed by atoms with Crippen molar-refractivity contribution in [2.75, 3.05) is 66.5 Å². The molecule has 25 heteroatoms. The van der Waals surface area contributed by atoms with Gasteiger partial charge in [-0.1, -0.05) is 109 Å². The number of phenolic OH excluding ortho intramolecular Hbond substituents is 1.